The molecule has 1 unspecified atom stereocenters. The number of piperidine rings is 1. The lowest BCUT2D eigenvalue weighted by Crippen LogP contribution is -2.48. The fraction of sp³-hybridized carbons (Fsp3) is 0.562. The molecule has 0 spiro atoms. The van der Waals surface area contributed by atoms with Crippen molar-refractivity contribution in [1.82, 2.24) is 5.32 Å². The minimum absolute atomic E-state index is 0.185. The standard InChI is InChI=1S/C16H24BrN3O/c1-11(2)19-10-12-6-7-14(13(17)9-12)20-8-4-3-5-15(20)16(18)21/h6-7,9,11,15,19H,3-5,8,10H2,1-2H3,(H2,18,21). The summed E-state index contributed by atoms with van der Waals surface area (Å²) in [5.74, 6) is -0.229. The molecule has 1 atom stereocenters. The minimum atomic E-state index is -0.229. The average molecular weight is 354 g/mol. The number of primary amides is 1. The molecule has 1 aliphatic rings. The van der Waals surface area contributed by atoms with Crippen LogP contribution in [0, 0.1) is 0 Å². The lowest BCUT2D eigenvalue weighted by Gasteiger charge is -2.36. The zero-order valence-corrected chi connectivity index (χ0v) is 14.3. The van der Waals surface area contributed by atoms with Gasteiger partial charge in [-0.1, -0.05) is 19.9 Å². The SMILES string of the molecule is CC(C)NCc1ccc(N2CCCCC2C(N)=O)c(Br)c1. The van der Waals surface area contributed by atoms with E-state index in [0.717, 1.165) is 42.5 Å². The number of carbonyl (C=O) groups is 1. The monoisotopic (exact) mass is 353 g/mol. The first kappa shape index (κ1) is 16.3. The van der Waals surface area contributed by atoms with Crippen LogP contribution in [0.4, 0.5) is 5.69 Å². The number of nitrogens with zero attached hydrogens (tertiary/aromatic N) is 1. The largest absolute Gasteiger partial charge is 0.368 e. The van der Waals surface area contributed by atoms with Gasteiger partial charge < -0.3 is 16.0 Å². The maximum atomic E-state index is 11.6. The van der Waals surface area contributed by atoms with Crippen molar-refractivity contribution in [2.45, 2.75) is 51.7 Å². The van der Waals surface area contributed by atoms with Gasteiger partial charge >= 0.3 is 0 Å². The van der Waals surface area contributed by atoms with Crippen LogP contribution in [0.2, 0.25) is 0 Å². The van der Waals surface area contributed by atoms with Gasteiger partial charge in [0.1, 0.15) is 6.04 Å². The Hall–Kier alpha value is -1.07. The molecule has 1 aromatic rings. The predicted octanol–water partition coefficient (Wildman–Crippen LogP) is 2.79. The van der Waals surface area contributed by atoms with Gasteiger partial charge in [0.15, 0.2) is 0 Å². The number of benzene rings is 1. The molecule has 0 aromatic heterocycles. The van der Waals surface area contributed by atoms with E-state index < -0.39 is 0 Å². The summed E-state index contributed by atoms with van der Waals surface area (Å²) < 4.78 is 1.03. The molecular weight excluding hydrogens is 330 g/mol. The number of carbonyl (C=O) groups excluding carboxylic acids is 1. The molecule has 1 saturated heterocycles. The molecule has 1 heterocycles. The number of amides is 1. The van der Waals surface area contributed by atoms with Crippen molar-refractivity contribution in [1.29, 1.82) is 0 Å². The van der Waals surface area contributed by atoms with Crippen LogP contribution in [0.25, 0.3) is 0 Å². The fourth-order valence-electron chi connectivity index (χ4n) is 2.73. The molecular formula is C16H24BrN3O. The number of nitrogens with one attached hydrogen (secondary N) is 1. The lowest BCUT2D eigenvalue weighted by atomic mass is 10.0. The van der Waals surface area contributed by atoms with Crippen molar-refractivity contribution < 1.29 is 4.79 Å². The van der Waals surface area contributed by atoms with Gasteiger partial charge in [0.2, 0.25) is 5.91 Å². The van der Waals surface area contributed by atoms with Crippen LogP contribution in [0.15, 0.2) is 22.7 Å². The van der Waals surface area contributed by atoms with E-state index in [1.807, 2.05) is 0 Å². The Morgan fingerprint density at radius 3 is 2.86 bits per heavy atom. The molecule has 1 fully saturated rings. The second kappa shape index (κ2) is 7.27. The van der Waals surface area contributed by atoms with Crippen LogP contribution < -0.4 is 16.0 Å². The molecule has 4 nitrogen and oxygen atoms in total. The zero-order chi connectivity index (χ0) is 15.4. The fourth-order valence-corrected chi connectivity index (χ4v) is 3.38. The maximum absolute atomic E-state index is 11.6. The molecule has 1 amide bonds. The van der Waals surface area contributed by atoms with E-state index in [-0.39, 0.29) is 11.9 Å². The number of anilines is 1. The van der Waals surface area contributed by atoms with E-state index in [0.29, 0.717) is 6.04 Å². The normalized spacial score (nSPS) is 19.0. The van der Waals surface area contributed by atoms with E-state index in [1.165, 1.54) is 5.56 Å². The highest BCUT2D eigenvalue weighted by Crippen LogP contribution is 2.32. The van der Waals surface area contributed by atoms with Crippen molar-refractivity contribution in [3.8, 4) is 0 Å². The molecule has 116 valence electrons. The summed E-state index contributed by atoms with van der Waals surface area (Å²) in [5.41, 5.74) is 7.84. The minimum Gasteiger partial charge on any atom is -0.368 e. The number of hydrogen-bond donors (Lipinski definition) is 2. The Kier molecular flexibility index (Phi) is 5.65. The first-order chi connectivity index (χ1) is 9.99. The van der Waals surface area contributed by atoms with E-state index >= 15 is 0 Å². The van der Waals surface area contributed by atoms with E-state index in [2.05, 4.69) is 58.2 Å². The number of nitrogens with two attached hydrogens (primary N) is 1. The molecule has 21 heavy (non-hydrogen) atoms. The summed E-state index contributed by atoms with van der Waals surface area (Å²) in [4.78, 5) is 13.8. The van der Waals surface area contributed by atoms with Crippen LogP contribution in [-0.4, -0.2) is 24.5 Å². The van der Waals surface area contributed by atoms with Crippen LogP contribution in [-0.2, 0) is 11.3 Å². The smallest absolute Gasteiger partial charge is 0.240 e. The second-order valence-corrected chi connectivity index (χ2v) is 6.78. The van der Waals surface area contributed by atoms with Gasteiger partial charge in [-0.25, -0.2) is 0 Å². The Bertz CT molecular complexity index is 504. The molecule has 0 aliphatic carbocycles. The van der Waals surface area contributed by atoms with Gasteiger partial charge in [-0.3, -0.25) is 4.79 Å². The summed E-state index contributed by atoms with van der Waals surface area (Å²) >= 11 is 3.64. The van der Waals surface area contributed by atoms with Gasteiger partial charge in [0.05, 0.1) is 5.69 Å². The summed E-state index contributed by atoms with van der Waals surface area (Å²) in [7, 11) is 0. The third-order valence-corrected chi connectivity index (χ3v) is 4.50. The number of halogens is 1. The Balaban J connectivity index is 2.17. The molecule has 0 saturated carbocycles. The molecule has 5 heteroatoms. The van der Waals surface area contributed by atoms with Crippen LogP contribution in [0.5, 0.6) is 0 Å². The Morgan fingerprint density at radius 2 is 2.24 bits per heavy atom. The predicted molar refractivity (Wildman–Crippen MR) is 90.3 cm³/mol. The zero-order valence-electron chi connectivity index (χ0n) is 12.7. The first-order valence-electron chi connectivity index (χ1n) is 7.57. The molecule has 1 aromatic carbocycles. The Labute approximate surface area is 135 Å². The van der Waals surface area contributed by atoms with Gasteiger partial charge in [0.25, 0.3) is 0 Å². The maximum Gasteiger partial charge on any atom is 0.240 e. The topological polar surface area (TPSA) is 58.4 Å². The number of hydrogen-bond acceptors (Lipinski definition) is 3. The highest BCUT2D eigenvalue weighted by Gasteiger charge is 2.28. The van der Waals surface area contributed by atoms with Gasteiger partial charge in [-0.15, -0.1) is 0 Å². The first-order valence-corrected chi connectivity index (χ1v) is 8.36. The molecule has 2 rings (SSSR count). The molecule has 3 N–H and O–H groups in total. The molecule has 0 bridgehead atoms. The van der Waals surface area contributed by atoms with E-state index in [1.54, 1.807) is 0 Å². The van der Waals surface area contributed by atoms with Gasteiger partial charge in [0, 0.05) is 23.6 Å². The van der Waals surface area contributed by atoms with Gasteiger partial charge in [-0.2, -0.15) is 0 Å². The number of rotatable bonds is 5. The summed E-state index contributed by atoms with van der Waals surface area (Å²) in [5, 5.41) is 3.41. The third kappa shape index (κ3) is 4.20. The van der Waals surface area contributed by atoms with Crippen LogP contribution in [0.3, 0.4) is 0 Å². The van der Waals surface area contributed by atoms with Crippen LogP contribution >= 0.6 is 15.9 Å². The van der Waals surface area contributed by atoms with E-state index in [4.69, 9.17) is 5.73 Å². The van der Waals surface area contributed by atoms with Crippen molar-refractivity contribution >= 4 is 27.5 Å². The Morgan fingerprint density at radius 1 is 1.48 bits per heavy atom. The highest BCUT2D eigenvalue weighted by molar-refractivity contribution is 9.10. The van der Waals surface area contributed by atoms with Gasteiger partial charge in [-0.05, 0) is 52.9 Å². The van der Waals surface area contributed by atoms with Crippen molar-refractivity contribution in [2.75, 3.05) is 11.4 Å². The molecule has 0 radical (unpaired) electrons. The summed E-state index contributed by atoms with van der Waals surface area (Å²) in [6, 6.07) is 6.60. The van der Waals surface area contributed by atoms with Crippen molar-refractivity contribution in [3.63, 3.8) is 0 Å². The van der Waals surface area contributed by atoms with E-state index in [9.17, 15) is 4.79 Å². The lowest BCUT2D eigenvalue weighted by molar-refractivity contribution is -0.119. The van der Waals surface area contributed by atoms with Crippen molar-refractivity contribution in [3.05, 3.63) is 28.2 Å². The van der Waals surface area contributed by atoms with Crippen molar-refractivity contribution in [2.24, 2.45) is 5.73 Å². The third-order valence-electron chi connectivity index (χ3n) is 3.87. The average Bonchev–Trinajstić information content (AvgIpc) is 2.45. The molecule has 1 aliphatic heterocycles. The summed E-state index contributed by atoms with van der Waals surface area (Å²) in [6.07, 6.45) is 3.02. The second-order valence-electron chi connectivity index (χ2n) is 5.93. The quantitative estimate of drug-likeness (QED) is 0.855. The summed E-state index contributed by atoms with van der Waals surface area (Å²) in [6.45, 7) is 5.99. The van der Waals surface area contributed by atoms with Crippen LogP contribution in [0.1, 0.15) is 38.7 Å². The highest BCUT2D eigenvalue weighted by atomic mass is 79.9.